The molecule has 3 aromatic rings. The fourth-order valence-corrected chi connectivity index (χ4v) is 5.19. The Labute approximate surface area is 223 Å². The van der Waals surface area contributed by atoms with Gasteiger partial charge in [0.1, 0.15) is 5.82 Å². The molecule has 4 N–H and O–H groups in total. The van der Waals surface area contributed by atoms with Crippen LogP contribution in [-0.2, 0) is 14.3 Å². The van der Waals surface area contributed by atoms with Gasteiger partial charge in [-0.05, 0) is 49.2 Å². The van der Waals surface area contributed by atoms with Gasteiger partial charge in [-0.1, -0.05) is 32.0 Å². The maximum atomic E-state index is 9.03. The predicted octanol–water partition coefficient (Wildman–Crippen LogP) is 4.29. The number of primary amides is 1. The first kappa shape index (κ1) is 28.4. The van der Waals surface area contributed by atoms with Gasteiger partial charge in [0.25, 0.3) is 0 Å². The van der Waals surface area contributed by atoms with Crippen LogP contribution in [0.4, 0.5) is 11.5 Å². The van der Waals surface area contributed by atoms with Crippen molar-refractivity contribution in [3.8, 4) is 11.4 Å². The summed E-state index contributed by atoms with van der Waals surface area (Å²) in [6, 6.07) is 20.9. The topological polar surface area (TPSA) is 114 Å². The van der Waals surface area contributed by atoms with E-state index in [1.54, 1.807) is 0 Å². The number of amides is 1. The van der Waals surface area contributed by atoms with Gasteiger partial charge < -0.3 is 25.8 Å². The van der Waals surface area contributed by atoms with Crippen LogP contribution in [-0.4, -0.2) is 60.9 Å². The average molecular weight is 524 g/mol. The molecule has 0 spiro atoms. The molecule has 1 saturated carbocycles. The number of aliphatic hydroxyl groups excluding tert-OH is 1. The lowest BCUT2D eigenvalue weighted by Crippen LogP contribution is -2.37. The summed E-state index contributed by atoms with van der Waals surface area (Å²) in [4.78, 5) is 22.2. The second-order valence-corrected chi connectivity index (χ2v) is 9.76. The van der Waals surface area contributed by atoms with E-state index < -0.39 is 0 Å². The molecule has 2 aliphatic rings. The molecular formula is C28H37N5O3S. The third-order valence-electron chi connectivity index (χ3n) is 5.86. The molecule has 5 rings (SSSR count). The lowest BCUT2D eigenvalue weighted by molar-refractivity contribution is -0.106. The third-order valence-corrected chi connectivity index (χ3v) is 7.38. The number of thioether (sulfide) groups is 1. The van der Waals surface area contributed by atoms with Crippen LogP contribution < -0.4 is 16.0 Å². The minimum absolute atomic E-state index is 0.0166. The van der Waals surface area contributed by atoms with Crippen LogP contribution in [0.5, 0.6) is 0 Å². The van der Waals surface area contributed by atoms with Gasteiger partial charge in [0.2, 0.25) is 6.41 Å². The smallest absolute Gasteiger partial charge is 0.204 e. The number of carbonyl (C=O) groups excluding carboxylic acids is 1. The summed E-state index contributed by atoms with van der Waals surface area (Å²) in [5, 5.41) is 12.2. The van der Waals surface area contributed by atoms with E-state index in [9.17, 15) is 0 Å². The van der Waals surface area contributed by atoms with Crippen molar-refractivity contribution in [3.63, 3.8) is 0 Å². The zero-order valence-corrected chi connectivity index (χ0v) is 22.4. The Morgan fingerprint density at radius 1 is 1.08 bits per heavy atom. The minimum Gasteiger partial charge on any atom is -0.395 e. The van der Waals surface area contributed by atoms with E-state index in [0.717, 1.165) is 67.7 Å². The molecule has 2 heterocycles. The highest BCUT2D eigenvalue weighted by Gasteiger charge is 2.47. The zero-order chi connectivity index (χ0) is 26.5. The molecule has 0 bridgehead atoms. The lowest BCUT2D eigenvalue weighted by Gasteiger charge is -2.29. The Balaban J connectivity index is 0.000000711. The molecule has 1 aromatic heterocycles. The molecular weight excluding hydrogens is 486 g/mol. The van der Waals surface area contributed by atoms with Crippen LogP contribution in [0.1, 0.15) is 32.4 Å². The Morgan fingerprint density at radius 3 is 2.32 bits per heavy atom. The van der Waals surface area contributed by atoms with E-state index in [1.165, 1.54) is 4.90 Å². The molecule has 1 aliphatic heterocycles. The molecule has 2 aromatic carbocycles. The molecule has 0 unspecified atom stereocenters. The molecule has 198 valence electrons. The van der Waals surface area contributed by atoms with Gasteiger partial charge in [-0.15, -0.1) is 11.8 Å². The number of hydrogen-bond acceptors (Lipinski definition) is 8. The molecule has 1 saturated heterocycles. The van der Waals surface area contributed by atoms with E-state index in [0.29, 0.717) is 6.54 Å². The standard InChI is InChI=1S/C25H28N4O2S.C2H6.CH3NO/c30-15-12-26-20-8-6-19(7-9-20)24-27-22(18-23(28-24)29-13-16-31-17-14-29)25(10-11-25)32-21-4-2-1-3-5-21;1-2;2-1-3/h1-9,18,26,30H,10-17H2;1-2H3;1H,(H2,2,3). The number of carbonyl (C=O) groups is 1. The number of rotatable bonds is 8. The molecule has 1 amide bonds. The van der Waals surface area contributed by atoms with Crippen LogP contribution in [0, 0.1) is 0 Å². The number of nitrogens with two attached hydrogens (primary N) is 1. The third kappa shape index (κ3) is 7.92. The van der Waals surface area contributed by atoms with Crippen LogP contribution in [0.3, 0.4) is 0 Å². The highest BCUT2D eigenvalue weighted by molar-refractivity contribution is 8.00. The number of aromatic nitrogens is 2. The Morgan fingerprint density at radius 2 is 1.73 bits per heavy atom. The first-order chi connectivity index (χ1) is 18.2. The fraction of sp³-hybridized carbons (Fsp3) is 0.393. The van der Waals surface area contributed by atoms with Crippen LogP contribution >= 0.6 is 11.8 Å². The number of morpholine rings is 1. The van der Waals surface area contributed by atoms with Gasteiger partial charge in [0.15, 0.2) is 5.82 Å². The van der Waals surface area contributed by atoms with Crippen LogP contribution in [0.15, 0.2) is 65.6 Å². The first-order valence-corrected chi connectivity index (χ1v) is 13.6. The van der Waals surface area contributed by atoms with Crippen molar-refractivity contribution >= 4 is 29.7 Å². The fourth-order valence-electron chi connectivity index (χ4n) is 3.93. The SMILES string of the molecule is CC.NC=O.OCCNc1ccc(-c2nc(N3CCOCC3)cc(C3(Sc4ccccc4)CC3)n2)cc1. The second-order valence-electron chi connectivity index (χ2n) is 8.31. The lowest BCUT2D eigenvalue weighted by atomic mass is 10.1. The predicted molar refractivity (Wildman–Crippen MR) is 151 cm³/mol. The van der Waals surface area contributed by atoms with Crippen molar-refractivity contribution < 1.29 is 14.6 Å². The number of nitrogens with one attached hydrogen (secondary N) is 1. The van der Waals surface area contributed by atoms with Crippen molar-refractivity contribution in [2.45, 2.75) is 36.3 Å². The molecule has 0 radical (unpaired) electrons. The normalized spacial score (nSPS) is 15.4. The van der Waals surface area contributed by atoms with Gasteiger partial charge in [-0.25, -0.2) is 9.97 Å². The van der Waals surface area contributed by atoms with Crippen molar-refractivity contribution in [3.05, 3.63) is 66.4 Å². The summed E-state index contributed by atoms with van der Waals surface area (Å²) in [6.45, 7) is 7.79. The Kier molecular flexibility index (Phi) is 11.2. The van der Waals surface area contributed by atoms with Gasteiger partial charge in [-0.3, -0.25) is 4.79 Å². The largest absolute Gasteiger partial charge is 0.395 e. The van der Waals surface area contributed by atoms with Gasteiger partial charge in [0.05, 0.1) is 30.3 Å². The van der Waals surface area contributed by atoms with E-state index >= 15 is 0 Å². The zero-order valence-electron chi connectivity index (χ0n) is 21.6. The summed E-state index contributed by atoms with van der Waals surface area (Å²) in [7, 11) is 0. The van der Waals surface area contributed by atoms with Crippen molar-refractivity contribution in [2.24, 2.45) is 5.73 Å². The quantitative estimate of drug-likeness (QED) is 0.375. The highest BCUT2D eigenvalue weighted by atomic mass is 32.2. The molecule has 9 heteroatoms. The summed E-state index contributed by atoms with van der Waals surface area (Å²) < 4.78 is 5.57. The average Bonchev–Trinajstić information content (AvgIpc) is 3.75. The summed E-state index contributed by atoms with van der Waals surface area (Å²) in [6.07, 6.45) is 2.49. The summed E-state index contributed by atoms with van der Waals surface area (Å²) >= 11 is 1.91. The van der Waals surface area contributed by atoms with Crippen molar-refractivity contribution in [1.29, 1.82) is 0 Å². The summed E-state index contributed by atoms with van der Waals surface area (Å²) in [5.74, 6) is 1.74. The van der Waals surface area contributed by atoms with Crippen molar-refractivity contribution in [1.82, 2.24) is 9.97 Å². The molecule has 0 atom stereocenters. The Hall–Kier alpha value is -3.14. The van der Waals surface area contributed by atoms with Crippen LogP contribution in [0.25, 0.3) is 11.4 Å². The first-order valence-electron chi connectivity index (χ1n) is 12.7. The monoisotopic (exact) mass is 523 g/mol. The maximum Gasteiger partial charge on any atom is 0.204 e. The Bertz CT molecular complexity index is 1090. The number of nitrogens with zero attached hydrogens (tertiary/aromatic N) is 3. The second kappa shape index (κ2) is 14.6. The molecule has 2 fully saturated rings. The number of ether oxygens (including phenoxy) is 1. The number of aliphatic hydroxyl groups is 1. The number of anilines is 2. The van der Waals surface area contributed by atoms with Gasteiger partial charge in [-0.2, -0.15) is 0 Å². The summed E-state index contributed by atoms with van der Waals surface area (Å²) in [5.41, 5.74) is 7.25. The van der Waals surface area contributed by atoms with Crippen LogP contribution in [0.2, 0.25) is 0 Å². The number of hydrogen-bond donors (Lipinski definition) is 3. The molecule has 1 aliphatic carbocycles. The minimum atomic E-state index is 0.0166. The molecule has 37 heavy (non-hydrogen) atoms. The van der Waals surface area contributed by atoms with Gasteiger partial charge in [0, 0.05) is 41.8 Å². The molecule has 8 nitrogen and oxygen atoms in total. The van der Waals surface area contributed by atoms with E-state index in [4.69, 9.17) is 24.6 Å². The number of benzene rings is 2. The van der Waals surface area contributed by atoms with Gasteiger partial charge >= 0.3 is 0 Å². The van der Waals surface area contributed by atoms with E-state index in [2.05, 4.69) is 52.3 Å². The van der Waals surface area contributed by atoms with Crippen molar-refractivity contribution in [2.75, 3.05) is 49.7 Å². The maximum absolute atomic E-state index is 9.03. The van der Waals surface area contributed by atoms with E-state index in [1.807, 2.05) is 49.9 Å². The highest BCUT2D eigenvalue weighted by Crippen LogP contribution is 2.59. The van der Waals surface area contributed by atoms with E-state index in [-0.39, 0.29) is 17.8 Å².